The molecule has 1 aliphatic rings. The van der Waals surface area contributed by atoms with Crippen LogP contribution in [0.15, 0.2) is 12.4 Å². The van der Waals surface area contributed by atoms with Crippen LogP contribution >= 0.6 is 0 Å². The van der Waals surface area contributed by atoms with Crippen molar-refractivity contribution in [3.8, 4) is 12.4 Å². The van der Waals surface area contributed by atoms with Gasteiger partial charge in [-0.1, -0.05) is 13.3 Å². The van der Waals surface area contributed by atoms with Crippen molar-refractivity contribution >= 4 is 0 Å². The van der Waals surface area contributed by atoms with Gasteiger partial charge in [-0.15, -0.1) is 0 Å². The largest absolute Gasteiger partial charge is 0.327 e. The summed E-state index contributed by atoms with van der Waals surface area (Å²) >= 11 is 0. The lowest BCUT2D eigenvalue weighted by Crippen LogP contribution is -2.53. The van der Waals surface area contributed by atoms with Crippen LogP contribution in [0.5, 0.6) is 0 Å². The lowest BCUT2D eigenvalue weighted by molar-refractivity contribution is -0.973. The normalized spacial score (nSPS) is 23.6. The second kappa shape index (κ2) is 4.68. The quantitative estimate of drug-likeness (QED) is 0.393. The molecule has 5 heteroatoms. The third-order valence-corrected chi connectivity index (χ3v) is 2.55. The van der Waals surface area contributed by atoms with Crippen LogP contribution in [0.4, 0.5) is 0 Å². The van der Waals surface area contributed by atoms with Gasteiger partial charge in [0.05, 0.1) is 6.20 Å². The van der Waals surface area contributed by atoms with Crippen molar-refractivity contribution in [2.45, 2.75) is 19.8 Å². The summed E-state index contributed by atoms with van der Waals surface area (Å²) in [5.74, 6) is 0. The SMILES string of the molecule is CCCC[N+]1(N(C#N)C#N)C=CN(C)C1. The van der Waals surface area contributed by atoms with Crippen LogP contribution in [-0.4, -0.2) is 34.8 Å². The molecule has 80 valence electrons. The molecule has 0 aromatic carbocycles. The zero-order valence-electron chi connectivity index (χ0n) is 9.22. The lowest BCUT2D eigenvalue weighted by atomic mass is 10.3. The van der Waals surface area contributed by atoms with E-state index in [4.69, 9.17) is 10.5 Å². The molecule has 0 amide bonds. The van der Waals surface area contributed by atoms with E-state index in [2.05, 4.69) is 6.92 Å². The van der Waals surface area contributed by atoms with Gasteiger partial charge in [0, 0.05) is 7.05 Å². The summed E-state index contributed by atoms with van der Waals surface area (Å²) in [6, 6.07) is 0. The fourth-order valence-corrected chi connectivity index (χ4v) is 1.73. The van der Waals surface area contributed by atoms with Crippen LogP contribution in [0, 0.1) is 22.9 Å². The Labute approximate surface area is 90.6 Å². The molecule has 0 aliphatic carbocycles. The molecule has 0 saturated heterocycles. The highest BCUT2D eigenvalue weighted by Crippen LogP contribution is 2.21. The number of nitriles is 2. The molecule has 1 rings (SSSR count). The molecule has 15 heavy (non-hydrogen) atoms. The van der Waals surface area contributed by atoms with E-state index in [1.807, 2.05) is 36.7 Å². The molecule has 0 radical (unpaired) electrons. The summed E-state index contributed by atoms with van der Waals surface area (Å²) < 4.78 is 0.303. The molecule has 0 bridgehead atoms. The van der Waals surface area contributed by atoms with Crippen LogP contribution in [0.2, 0.25) is 0 Å². The minimum atomic E-state index is 0.303. The third-order valence-electron chi connectivity index (χ3n) is 2.55. The second-order valence-electron chi connectivity index (χ2n) is 3.77. The average molecular weight is 206 g/mol. The van der Waals surface area contributed by atoms with Crippen LogP contribution in [-0.2, 0) is 0 Å². The summed E-state index contributed by atoms with van der Waals surface area (Å²) in [5.41, 5.74) is 0. The summed E-state index contributed by atoms with van der Waals surface area (Å²) in [6.45, 7) is 3.54. The van der Waals surface area contributed by atoms with Gasteiger partial charge in [-0.05, 0) is 11.4 Å². The van der Waals surface area contributed by atoms with E-state index in [1.54, 1.807) is 0 Å². The first-order chi connectivity index (χ1) is 7.18. The van der Waals surface area contributed by atoms with Gasteiger partial charge < -0.3 is 4.90 Å². The first kappa shape index (κ1) is 11.4. The second-order valence-corrected chi connectivity index (χ2v) is 3.77. The topological polar surface area (TPSA) is 54.1 Å². The maximum atomic E-state index is 8.92. The van der Waals surface area contributed by atoms with Crippen LogP contribution in [0.1, 0.15) is 19.8 Å². The van der Waals surface area contributed by atoms with E-state index in [-0.39, 0.29) is 0 Å². The number of unbranched alkanes of at least 4 members (excludes halogenated alkanes) is 1. The van der Waals surface area contributed by atoms with E-state index in [0.29, 0.717) is 11.3 Å². The fraction of sp³-hybridized carbons (Fsp3) is 0.600. The summed E-state index contributed by atoms with van der Waals surface area (Å²) in [6.07, 6.45) is 9.74. The molecule has 0 saturated carbocycles. The lowest BCUT2D eigenvalue weighted by Gasteiger charge is -2.32. The molecule has 0 aromatic heterocycles. The number of quaternary nitrogens is 1. The summed E-state index contributed by atoms with van der Waals surface area (Å²) in [5, 5.41) is 19.0. The smallest absolute Gasteiger partial charge is 0.247 e. The summed E-state index contributed by atoms with van der Waals surface area (Å²) in [4.78, 5) is 1.98. The molecule has 1 unspecified atom stereocenters. The molecular weight excluding hydrogens is 190 g/mol. The number of nitrogens with zero attached hydrogens (tertiary/aromatic N) is 5. The summed E-state index contributed by atoms with van der Waals surface area (Å²) in [7, 11) is 1.94. The first-order valence-electron chi connectivity index (χ1n) is 5.05. The number of hydrogen-bond donors (Lipinski definition) is 0. The van der Waals surface area contributed by atoms with E-state index in [9.17, 15) is 0 Å². The van der Waals surface area contributed by atoms with Crippen LogP contribution < -0.4 is 0 Å². The monoisotopic (exact) mass is 206 g/mol. The molecule has 1 aliphatic heterocycles. The van der Waals surface area contributed by atoms with Gasteiger partial charge in [0.1, 0.15) is 12.7 Å². The highest BCUT2D eigenvalue weighted by atomic mass is 15.8. The molecule has 0 fully saturated rings. The molecule has 0 aromatic rings. The Morgan fingerprint density at radius 1 is 1.47 bits per heavy atom. The molecular formula is C10H16N5+. The van der Waals surface area contributed by atoms with Crippen molar-refractivity contribution in [3.05, 3.63) is 12.4 Å². The molecule has 5 nitrogen and oxygen atoms in total. The van der Waals surface area contributed by atoms with E-state index < -0.39 is 0 Å². The third kappa shape index (κ3) is 2.20. The Morgan fingerprint density at radius 2 is 2.13 bits per heavy atom. The van der Waals surface area contributed by atoms with Crippen molar-refractivity contribution in [2.24, 2.45) is 0 Å². The molecule has 0 N–H and O–H groups in total. The van der Waals surface area contributed by atoms with Crippen molar-refractivity contribution in [2.75, 3.05) is 20.3 Å². The van der Waals surface area contributed by atoms with Crippen LogP contribution in [0.25, 0.3) is 0 Å². The Kier molecular flexibility index (Phi) is 3.54. The zero-order valence-corrected chi connectivity index (χ0v) is 9.22. The maximum Gasteiger partial charge on any atom is 0.247 e. The minimum absolute atomic E-state index is 0.303. The Hall–Kier alpha value is -1.72. The molecule has 0 spiro atoms. The number of rotatable bonds is 4. The average Bonchev–Trinajstić information content (AvgIpc) is 2.60. The van der Waals surface area contributed by atoms with E-state index >= 15 is 0 Å². The Morgan fingerprint density at radius 3 is 2.53 bits per heavy atom. The van der Waals surface area contributed by atoms with Gasteiger partial charge in [-0.25, -0.2) is 0 Å². The van der Waals surface area contributed by atoms with Gasteiger partial charge >= 0.3 is 0 Å². The van der Waals surface area contributed by atoms with E-state index in [1.165, 1.54) is 0 Å². The van der Waals surface area contributed by atoms with Gasteiger partial charge in [-0.3, -0.25) is 0 Å². The highest BCUT2D eigenvalue weighted by Gasteiger charge is 2.38. The maximum absolute atomic E-state index is 8.92. The Bertz CT molecular complexity index is 310. The number of hydrogen-bond acceptors (Lipinski definition) is 4. The first-order valence-corrected chi connectivity index (χ1v) is 5.05. The van der Waals surface area contributed by atoms with Gasteiger partial charge in [-0.2, -0.15) is 15.1 Å². The van der Waals surface area contributed by atoms with Crippen LogP contribution in [0.3, 0.4) is 0 Å². The predicted octanol–water partition coefficient (Wildman–Crippen LogP) is 1.16. The van der Waals surface area contributed by atoms with Gasteiger partial charge in [0.15, 0.2) is 6.67 Å². The van der Waals surface area contributed by atoms with Crippen molar-refractivity contribution in [3.63, 3.8) is 0 Å². The van der Waals surface area contributed by atoms with E-state index in [0.717, 1.165) is 24.4 Å². The predicted molar refractivity (Wildman–Crippen MR) is 54.9 cm³/mol. The highest BCUT2D eigenvalue weighted by molar-refractivity contribution is 4.86. The zero-order chi connectivity index (χ0) is 11.3. The molecule has 1 atom stereocenters. The minimum Gasteiger partial charge on any atom is -0.327 e. The van der Waals surface area contributed by atoms with Crippen molar-refractivity contribution in [1.29, 1.82) is 10.5 Å². The standard InChI is InChI=1S/C10H16N5/c1-3-4-6-15(14(8-11)9-12)7-5-13(2)10-15/h5,7H,3-4,6,10H2,1-2H3/q+1. The van der Waals surface area contributed by atoms with Crippen molar-refractivity contribution < 1.29 is 4.59 Å². The van der Waals surface area contributed by atoms with Gasteiger partial charge in [0.2, 0.25) is 12.4 Å². The Balaban J connectivity index is 2.84. The van der Waals surface area contributed by atoms with Crippen molar-refractivity contribution in [1.82, 2.24) is 9.91 Å². The fourth-order valence-electron chi connectivity index (χ4n) is 1.73. The van der Waals surface area contributed by atoms with Gasteiger partial charge in [0.25, 0.3) is 0 Å². The molecule has 1 heterocycles.